The molecule has 0 aliphatic carbocycles. The molecule has 2 rings (SSSR count). The van der Waals surface area contributed by atoms with Crippen molar-refractivity contribution in [1.82, 2.24) is 4.58 Å². The third kappa shape index (κ3) is 8.10. The van der Waals surface area contributed by atoms with E-state index in [-0.39, 0.29) is 10.8 Å². The fourth-order valence-corrected chi connectivity index (χ4v) is 2.56. The van der Waals surface area contributed by atoms with Crippen LogP contribution in [0.3, 0.4) is 0 Å². The van der Waals surface area contributed by atoms with Gasteiger partial charge in [-0.1, -0.05) is 41.5 Å². The maximum absolute atomic E-state index is 9.75. The standard InChI is InChI=1S/C18H30NO.BF4/c1-17(2,3)15-12-14(19-10-8-7-9-11-19)13-16(20-15)18(4,5)6;2-1(3,4)5/h12-13H,7-11H2,1-6H3;/q+1;-1. The molecule has 0 aromatic carbocycles. The van der Waals surface area contributed by atoms with Gasteiger partial charge in [0.05, 0.1) is 0 Å². The lowest BCUT2D eigenvalue weighted by Gasteiger charge is -2.23. The summed E-state index contributed by atoms with van der Waals surface area (Å²) in [5, 5.41) is 1.34. The van der Waals surface area contributed by atoms with Crippen LogP contribution in [-0.4, -0.2) is 20.3 Å². The predicted octanol–water partition coefficient (Wildman–Crippen LogP) is 5.13. The Morgan fingerprint density at radius 3 is 1.48 bits per heavy atom. The second-order valence-corrected chi connectivity index (χ2v) is 8.59. The summed E-state index contributed by atoms with van der Waals surface area (Å²) in [4.78, 5) is 0. The van der Waals surface area contributed by atoms with Crippen molar-refractivity contribution in [3.8, 4) is 0 Å². The Balaban J connectivity index is 0.000000550. The van der Waals surface area contributed by atoms with Crippen LogP contribution in [0.15, 0.2) is 16.5 Å². The Morgan fingerprint density at radius 1 is 0.800 bits per heavy atom. The van der Waals surface area contributed by atoms with Gasteiger partial charge in [0.2, 0.25) is 5.36 Å². The largest absolute Gasteiger partial charge is 0.673 e. The van der Waals surface area contributed by atoms with Gasteiger partial charge in [-0.25, -0.2) is 4.58 Å². The van der Waals surface area contributed by atoms with Crippen molar-refractivity contribution in [3.63, 3.8) is 0 Å². The Labute approximate surface area is 148 Å². The molecule has 0 spiro atoms. The third-order valence-electron chi connectivity index (χ3n) is 3.98. The van der Waals surface area contributed by atoms with Gasteiger partial charge in [-0.15, -0.1) is 0 Å². The molecule has 7 heteroatoms. The van der Waals surface area contributed by atoms with Crippen molar-refractivity contribution in [2.75, 3.05) is 13.1 Å². The number of halogens is 4. The Hall–Kier alpha value is -1.27. The van der Waals surface area contributed by atoms with E-state index in [1.807, 2.05) is 0 Å². The normalized spacial score (nSPS) is 16.3. The summed E-state index contributed by atoms with van der Waals surface area (Å²) in [5.41, 5.74) is 0.0948. The monoisotopic (exact) mass is 363 g/mol. The van der Waals surface area contributed by atoms with E-state index >= 15 is 0 Å². The van der Waals surface area contributed by atoms with Crippen LogP contribution in [0.1, 0.15) is 72.3 Å². The van der Waals surface area contributed by atoms with E-state index in [9.17, 15) is 17.3 Å². The highest BCUT2D eigenvalue weighted by molar-refractivity contribution is 6.50. The van der Waals surface area contributed by atoms with Crippen molar-refractivity contribution >= 4 is 7.25 Å². The van der Waals surface area contributed by atoms with Crippen LogP contribution in [0.25, 0.3) is 0 Å². The maximum atomic E-state index is 9.75. The lowest BCUT2D eigenvalue weighted by molar-refractivity contribution is 0.324. The molecule has 0 atom stereocenters. The van der Waals surface area contributed by atoms with Gasteiger partial charge in [0.1, 0.15) is 24.6 Å². The van der Waals surface area contributed by atoms with E-state index in [1.165, 1.54) is 37.7 Å². The van der Waals surface area contributed by atoms with Gasteiger partial charge in [-0.05, 0) is 6.42 Å². The van der Waals surface area contributed by atoms with E-state index in [1.54, 1.807) is 0 Å². The zero-order valence-corrected chi connectivity index (χ0v) is 16.1. The molecule has 0 bridgehead atoms. The number of hydrogen-bond acceptors (Lipinski definition) is 1. The molecule has 2 heterocycles. The van der Waals surface area contributed by atoms with Gasteiger partial charge in [-0.2, -0.15) is 0 Å². The maximum Gasteiger partial charge on any atom is 0.673 e. The number of rotatable bonds is 0. The van der Waals surface area contributed by atoms with Gasteiger partial charge in [-0.3, -0.25) is 0 Å². The third-order valence-corrected chi connectivity index (χ3v) is 3.98. The minimum absolute atomic E-state index is 0.0474. The number of piperidine rings is 1. The second-order valence-electron chi connectivity index (χ2n) is 8.59. The van der Waals surface area contributed by atoms with Crippen LogP contribution < -0.4 is 9.93 Å². The first-order chi connectivity index (χ1) is 11.2. The average molecular weight is 363 g/mol. The molecular formula is C18H30BF4NO. The first kappa shape index (κ1) is 21.8. The molecule has 1 fully saturated rings. The van der Waals surface area contributed by atoms with Gasteiger partial charge in [0.25, 0.3) is 0 Å². The summed E-state index contributed by atoms with van der Waals surface area (Å²) in [6, 6.07) is 4.50. The molecule has 1 aliphatic heterocycles. The average Bonchev–Trinajstić information content (AvgIpc) is 2.44. The highest BCUT2D eigenvalue weighted by atomic mass is 19.5. The van der Waals surface area contributed by atoms with E-state index in [0.717, 1.165) is 11.5 Å². The Morgan fingerprint density at radius 2 is 1.16 bits per heavy atom. The molecule has 1 saturated heterocycles. The van der Waals surface area contributed by atoms with Gasteiger partial charge in [0.15, 0.2) is 0 Å². The first-order valence-corrected chi connectivity index (χ1v) is 8.79. The molecule has 2 nitrogen and oxygen atoms in total. The minimum atomic E-state index is -6.00. The number of nitrogens with zero attached hydrogens (tertiary/aromatic N) is 1. The highest BCUT2D eigenvalue weighted by Gasteiger charge is 2.25. The van der Waals surface area contributed by atoms with Crippen molar-refractivity contribution in [1.29, 1.82) is 0 Å². The van der Waals surface area contributed by atoms with E-state index in [2.05, 4.69) is 58.3 Å². The first-order valence-electron chi connectivity index (χ1n) is 8.79. The highest BCUT2D eigenvalue weighted by Crippen LogP contribution is 2.27. The Kier molecular flexibility index (Phi) is 6.93. The number of hydrogen-bond donors (Lipinski definition) is 0. The van der Waals surface area contributed by atoms with Crippen LogP contribution in [0.4, 0.5) is 17.3 Å². The van der Waals surface area contributed by atoms with Crippen LogP contribution in [0.5, 0.6) is 0 Å². The fourth-order valence-electron chi connectivity index (χ4n) is 2.56. The molecule has 1 aromatic heterocycles. The lowest BCUT2D eigenvalue weighted by Crippen LogP contribution is -2.36. The van der Waals surface area contributed by atoms with E-state index < -0.39 is 7.25 Å². The summed E-state index contributed by atoms with van der Waals surface area (Å²) in [6.45, 7) is 15.7. The Bertz CT molecular complexity index is 587. The van der Waals surface area contributed by atoms with Crippen molar-refractivity contribution in [2.24, 2.45) is 0 Å². The van der Waals surface area contributed by atoms with Crippen LogP contribution in [-0.2, 0) is 10.8 Å². The van der Waals surface area contributed by atoms with E-state index in [0.29, 0.717) is 0 Å². The SMILES string of the molecule is CC(C)(C)c1cc(=[N+]2CCCCC2)cc(C(C)(C)C)o1.F[B-](F)(F)F. The molecule has 0 saturated carbocycles. The molecule has 0 unspecified atom stereocenters. The summed E-state index contributed by atoms with van der Waals surface area (Å²) in [6.07, 6.45) is 3.98. The van der Waals surface area contributed by atoms with E-state index in [4.69, 9.17) is 4.42 Å². The van der Waals surface area contributed by atoms with Crippen LogP contribution in [0.2, 0.25) is 0 Å². The molecule has 0 radical (unpaired) electrons. The summed E-state index contributed by atoms with van der Waals surface area (Å²) < 4.78 is 47.7. The van der Waals surface area contributed by atoms with Gasteiger partial charge < -0.3 is 21.7 Å². The van der Waals surface area contributed by atoms with Crippen LogP contribution in [0, 0.1) is 0 Å². The molecule has 0 amide bonds. The molecule has 25 heavy (non-hydrogen) atoms. The van der Waals surface area contributed by atoms with Gasteiger partial charge >= 0.3 is 7.25 Å². The molecule has 0 N–H and O–H groups in total. The van der Waals surface area contributed by atoms with Crippen molar-refractivity contribution in [3.05, 3.63) is 29.0 Å². The zero-order chi connectivity index (χ0) is 19.5. The fraction of sp³-hybridized carbons (Fsp3) is 0.722. The van der Waals surface area contributed by atoms with Crippen molar-refractivity contribution in [2.45, 2.75) is 71.6 Å². The van der Waals surface area contributed by atoms with Crippen LogP contribution >= 0.6 is 0 Å². The molecule has 144 valence electrons. The summed E-state index contributed by atoms with van der Waals surface area (Å²) in [7, 11) is -6.00. The quantitative estimate of drug-likeness (QED) is 0.355. The molecular weight excluding hydrogens is 333 g/mol. The smallest absolute Gasteiger partial charge is 0.464 e. The lowest BCUT2D eigenvalue weighted by atomic mass is 9.90. The molecule has 1 aliphatic rings. The zero-order valence-electron chi connectivity index (χ0n) is 16.1. The molecule has 1 aromatic rings. The van der Waals surface area contributed by atoms with Crippen molar-refractivity contribution < 1.29 is 21.7 Å². The minimum Gasteiger partial charge on any atom is -0.464 e. The summed E-state index contributed by atoms with van der Waals surface area (Å²) in [5.74, 6) is 2.18. The predicted molar refractivity (Wildman–Crippen MR) is 95.1 cm³/mol. The second kappa shape index (κ2) is 7.96. The summed E-state index contributed by atoms with van der Waals surface area (Å²) >= 11 is 0. The van der Waals surface area contributed by atoms with Gasteiger partial charge in [0, 0.05) is 35.8 Å². The topological polar surface area (TPSA) is 16.1 Å².